The number of piperidine rings is 1. The standard InChI is InChI=1S/C28H29N3O5S/c32-27(29-18-21-10-3-1-4-11-21)26-20-31(24-15-7-8-16-25(24)36-26)28(33)22-12-9-17-30(19-22)37(34,35)23-13-5-2-6-14-23/h1-8,10-11,13-16,22,26H,9,12,17-20H2,(H,29,32)/t22-,26-/m0/s1. The Balaban J connectivity index is 1.33. The van der Waals surface area contributed by atoms with Crippen LogP contribution >= 0.6 is 0 Å². The Morgan fingerprint density at radius 3 is 2.32 bits per heavy atom. The fourth-order valence-electron chi connectivity index (χ4n) is 4.80. The summed E-state index contributed by atoms with van der Waals surface area (Å²) in [5.74, 6) is -0.587. The van der Waals surface area contributed by atoms with Crippen LogP contribution in [-0.4, -0.2) is 50.3 Å². The minimum absolute atomic E-state index is 0.0540. The fraction of sp³-hybridized carbons (Fsp3) is 0.286. The zero-order valence-electron chi connectivity index (χ0n) is 20.3. The van der Waals surface area contributed by atoms with Crippen LogP contribution in [0.25, 0.3) is 0 Å². The van der Waals surface area contributed by atoms with Crippen LogP contribution in [0.2, 0.25) is 0 Å². The highest BCUT2D eigenvalue weighted by molar-refractivity contribution is 7.89. The molecule has 1 N–H and O–H groups in total. The minimum Gasteiger partial charge on any atom is -0.477 e. The third kappa shape index (κ3) is 5.38. The molecule has 2 heterocycles. The van der Waals surface area contributed by atoms with Gasteiger partial charge in [0.15, 0.2) is 6.10 Å². The maximum absolute atomic E-state index is 13.8. The molecule has 2 amide bonds. The zero-order valence-corrected chi connectivity index (χ0v) is 21.1. The Morgan fingerprint density at radius 2 is 1.57 bits per heavy atom. The number of sulfonamides is 1. The molecule has 0 spiro atoms. The quantitative estimate of drug-likeness (QED) is 0.540. The summed E-state index contributed by atoms with van der Waals surface area (Å²) in [5, 5.41) is 2.89. The Labute approximate surface area is 216 Å². The van der Waals surface area contributed by atoms with E-state index in [0.29, 0.717) is 37.4 Å². The second-order valence-corrected chi connectivity index (χ2v) is 11.2. The lowest BCUT2D eigenvalue weighted by Crippen LogP contribution is -2.53. The highest BCUT2D eigenvalue weighted by Gasteiger charge is 2.39. The van der Waals surface area contributed by atoms with E-state index in [9.17, 15) is 18.0 Å². The van der Waals surface area contributed by atoms with Gasteiger partial charge in [0, 0.05) is 19.6 Å². The van der Waals surface area contributed by atoms with Gasteiger partial charge in [0.2, 0.25) is 15.9 Å². The van der Waals surface area contributed by atoms with Gasteiger partial charge in [-0.2, -0.15) is 4.31 Å². The predicted molar refractivity (Wildman–Crippen MR) is 139 cm³/mol. The third-order valence-electron chi connectivity index (χ3n) is 6.76. The van der Waals surface area contributed by atoms with Gasteiger partial charge in [-0.3, -0.25) is 9.59 Å². The molecule has 192 valence electrons. The SMILES string of the molecule is O=C(NCc1ccccc1)[C@@H]1CN(C(=O)[C@H]2CCCN(S(=O)(=O)c3ccccc3)C2)c2ccccc2O1. The molecule has 1 saturated heterocycles. The van der Waals surface area contributed by atoms with Crippen LogP contribution in [0.5, 0.6) is 5.75 Å². The monoisotopic (exact) mass is 519 g/mol. The molecule has 37 heavy (non-hydrogen) atoms. The number of carbonyl (C=O) groups is 2. The lowest BCUT2D eigenvalue weighted by atomic mass is 9.97. The summed E-state index contributed by atoms with van der Waals surface area (Å²) >= 11 is 0. The van der Waals surface area contributed by atoms with E-state index in [-0.39, 0.29) is 29.8 Å². The fourth-order valence-corrected chi connectivity index (χ4v) is 6.35. The van der Waals surface area contributed by atoms with E-state index in [1.165, 1.54) is 4.31 Å². The number of benzene rings is 3. The number of nitrogens with zero attached hydrogens (tertiary/aromatic N) is 2. The zero-order chi connectivity index (χ0) is 25.8. The highest BCUT2D eigenvalue weighted by Crippen LogP contribution is 2.35. The van der Waals surface area contributed by atoms with Crippen molar-refractivity contribution in [1.29, 1.82) is 0 Å². The number of nitrogens with one attached hydrogen (secondary N) is 1. The summed E-state index contributed by atoms with van der Waals surface area (Å²) in [6.07, 6.45) is 0.273. The molecule has 2 atom stereocenters. The average molecular weight is 520 g/mol. The minimum atomic E-state index is -3.70. The predicted octanol–water partition coefficient (Wildman–Crippen LogP) is 3.20. The molecule has 0 unspecified atom stereocenters. The van der Waals surface area contributed by atoms with Crippen molar-refractivity contribution in [3.05, 3.63) is 90.5 Å². The van der Waals surface area contributed by atoms with E-state index in [4.69, 9.17) is 4.74 Å². The molecule has 8 nitrogen and oxygen atoms in total. The summed E-state index contributed by atoms with van der Waals surface area (Å²) in [6.45, 7) is 0.869. The molecule has 0 aliphatic carbocycles. The van der Waals surface area contributed by atoms with Crippen molar-refractivity contribution < 1.29 is 22.7 Å². The van der Waals surface area contributed by atoms with Gasteiger partial charge >= 0.3 is 0 Å². The van der Waals surface area contributed by atoms with Crippen LogP contribution in [0.1, 0.15) is 18.4 Å². The first-order valence-electron chi connectivity index (χ1n) is 12.4. The Bertz CT molecular complexity index is 1360. The Kier molecular flexibility index (Phi) is 7.25. The molecule has 2 aliphatic rings. The number of fused-ring (bicyclic) bond motifs is 1. The average Bonchev–Trinajstić information content (AvgIpc) is 2.96. The van der Waals surface area contributed by atoms with Crippen LogP contribution in [0.3, 0.4) is 0 Å². The van der Waals surface area contributed by atoms with Gasteiger partial charge in [-0.15, -0.1) is 0 Å². The first-order chi connectivity index (χ1) is 17.9. The lowest BCUT2D eigenvalue weighted by molar-refractivity contribution is -0.129. The van der Waals surface area contributed by atoms with Crippen LogP contribution in [0.4, 0.5) is 5.69 Å². The van der Waals surface area contributed by atoms with Crippen molar-refractivity contribution in [1.82, 2.24) is 9.62 Å². The summed E-state index contributed by atoms with van der Waals surface area (Å²) in [6, 6.07) is 25.0. The molecule has 0 radical (unpaired) electrons. The summed E-state index contributed by atoms with van der Waals surface area (Å²) < 4.78 is 33.7. The molecular weight excluding hydrogens is 490 g/mol. The molecule has 0 aromatic heterocycles. The topological polar surface area (TPSA) is 96.0 Å². The van der Waals surface area contributed by atoms with E-state index in [1.807, 2.05) is 36.4 Å². The number of hydrogen-bond acceptors (Lipinski definition) is 5. The van der Waals surface area contributed by atoms with Crippen LogP contribution in [0, 0.1) is 5.92 Å². The number of hydrogen-bond donors (Lipinski definition) is 1. The van der Waals surface area contributed by atoms with Gasteiger partial charge in [-0.1, -0.05) is 60.7 Å². The first kappa shape index (κ1) is 25.0. The molecule has 3 aromatic carbocycles. The molecule has 3 aromatic rings. The molecule has 9 heteroatoms. The van der Waals surface area contributed by atoms with Gasteiger partial charge < -0.3 is 15.0 Å². The number of anilines is 1. The first-order valence-corrected chi connectivity index (χ1v) is 13.8. The van der Waals surface area contributed by atoms with Crippen molar-refractivity contribution in [2.75, 3.05) is 24.5 Å². The smallest absolute Gasteiger partial charge is 0.263 e. The van der Waals surface area contributed by atoms with Gasteiger partial charge in [0.1, 0.15) is 5.75 Å². The Hall–Kier alpha value is -3.69. The maximum Gasteiger partial charge on any atom is 0.263 e. The van der Waals surface area contributed by atoms with Crippen molar-refractivity contribution in [2.24, 2.45) is 5.92 Å². The largest absolute Gasteiger partial charge is 0.477 e. The number of rotatable bonds is 6. The number of amides is 2. The van der Waals surface area contributed by atoms with Crippen LogP contribution < -0.4 is 15.0 Å². The summed E-state index contributed by atoms with van der Waals surface area (Å²) in [7, 11) is -3.70. The van der Waals surface area contributed by atoms with E-state index >= 15 is 0 Å². The maximum atomic E-state index is 13.8. The van der Waals surface area contributed by atoms with Gasteiger partial charge in [-0.25, -0.2) is 8.42 Å². The van der Waals surface area contributed by atoms with Crippen molar-refractivity contribution in [3.8, 4) is 5.75 Å². The number of carbonyl (C=O) groups excluding carboxylic acids is 2. The molecule has 0 bridgehead atoms. The normalized spacial score (nSPS) is 19.9. The van der Waals surface area contributed by atoms with Gasteiger partial charge in [0.05, 0.1) is 23.0 Å². The van der Waals surface area contributed by atoms with Gasteiger partial charge in [-0.05, 0) is 42.7 Å². The lowest BCUT2D eigenvalue weighted by Gasteiger charge is -2.38. The summed E-state index contributed by atoms with van der Waals surface area (Å²) in [5.41, 5.74) is 1.55. The van der Waals surface area contributed by atoms with Crippen LogP contribution in [0.15, 0.2) is 89.8 Å². The molecule has 1 fully saturated rings. The van der Waals surface area contributed by atoms with Crippen LogP contribution in [-0.2, 0) is 26.2 Å². The van der Waals surface area contributed by atoms with Crippen molar-refractivity contribution in [3.63, 3.8) is 0 Å². The van der Waals surface area contributed by atoms with Crippen molar-refractivity contribution >= 4 is 27.5 Å². The molecular formula is C28H29N3O5S. The van der Waals surface area contributed by atoms with E-state index in [1.54, 1.807) is 53.4 Å². The molecule has 5 rings (SSSR count). The third-order valence-corrected chi connectivity index (χ3v) is 8.64. The van der Waals surface area contributed by atoms with E-state index < -0.39 is 22.0 Å². The molecule has 0 saturated carbocycles. The van der Waals surface area contributed by atoms with Gasteiger partial charge in [0.25, 0.3) is 5.91 Å². The number of para-hydroxylation sites is 2. The van der Waals surface area contributed by atoms with E-state index in [2.05, 4.69) is 5.32 Å². The summed E-state index contributed by atoms with van der Waals surface area (Å²) in [4.78, 5) is 28.6. The second kappa shape index (κ2) is 10.7. The Morgan fingerprint density at radius 1 is 0.892 bits per heavy atom. The molecule has 2 aliphatic heterocycles. The highest BCUT2D eigenvalue weighted by atomic mass is 32.2. The second-order valence-electron chi connectivity index (χ2n) is 9.24. The number of ether oxygens (including phenoxy) is 1. The van der Waals surface area contributed by atoms with E-state index in [0.717, 1.165) is 5.56 Å². The van der Waals surface area contributed by atoms with Crippen molar-refractivity contribution in [2.45, 2.75) is 30.4 Å².